The van der Waals surface area contributed by atoms with Crippen LogP contribution in [0.5, 0.6) is 0 Å². The fourth-order valence-electron chi connectivity index (χ4n) is 2.32. The Morgan fingerprint density at radius 3 is 2.32 bits per heavy atom. The van der Waals surface area contributed by atoms with Crippen LogP contribution in [0.4, 0.5) is 0 Å². The molecule has 4 aromatic rings. The second-order valence-corrected chi connectivity index (χ2v) is 4.33. The van der Waals surface area contributed by atoms with Gasteiger partial charge in [-0.1, -0.05) is 30.3 Å². The molecule has 4 nitrogen and oxygen atoms in total. The zero-order valence-electron chi connectivity index (χ0n) is 9.83. The van der Waals surface area contributed by atoms with Gasteiger partial charge in [0.05, 0.1) is 10.9 Å². The topological polar surface area (TPSA) is 56.0 Å². The summed E-state index contributed by atoms with van der Waals surface area (Å²) >= 11 is 0. The van der Waals surface area contributed by atoms with Crippen molar-refractivity contribution in [2.45, 2.75) is 0 Å². The van der Waals surface area contributed by atoms with E-state index in [1.807, 2.05) is 36.4 Å². The molecule has 0 radical (unpaired) electrons. The normalized spacial score (nSPS) is 11.4. The first-order valence-electron chi connectivity index (χ1n) is 5.91. The molecule has 90 valence electrons. The summed E-state index contributed by atoms with van der Waals surface area (Å²) in [5.74, 6) is 0. The van der Waals surface area contributed by atoms with Crippen LogP contribution < -0.4 is 5.63 Å². The van der Waals surface area contributed by atoms with Crippen molar-refractivity contribution in [3.63, 3.8) is 0 Å². The molecule has 0 N–H and O–H groups in total. The summed E-state index contributed by atoms with van der Waals surface area (Å²) in [5.41, 5.74) is 1.48. The van der Waals surface area contributed by atoms with Gasteiger partial charge in [-0.25, -0.2) is 4.79 Å². The van der Waals surface area contributed by atoms with Gasteiger partial charge >= 0.3 is 5.63 Å². The van der Waals surface area contributed by atoms with Gasteiger partial charge in [-0.05, 0) is 18.2 Å². The molecule has 0 fully saturated rings. The highest BCUT2D eigenvalue weighted by Gasteiger charge is 2.11. The van der Waals surface area contributed by atoms with Crippen LogP contribution in [-0.4, -0.2) is 10.2 Å². The lowest BCUT2D eigenvalue weighted by Gasteiger charge is -2.03. The van der Waals surface area contributed by atoms with Crippen LogP contribution >= 0.6 is 0 Å². The fraction of sp³-hybridized carbons (Fsp3) is 0. The summed E-state index contributed by atoms with van der Waals surface area (Å²) in [6.07, 6.45) is 0. The third kappa shape index (κ3) is 1.37. The smallest absolute Gasteiger partial charge is 0.344 e. The Kier molecular flexibility index (Phi) is 1.94. The van der Waals surface area contributed by atoms with Crippen molar-refractivity contribution in [3.8, 4) is 0 Å². The molecule has 0 saturated heterocycles. The first-order valence-corrected chi connectivity index (χ1v) is 5.91. The standard InChI is InChI=1S/C15H8N2O2/c18-15-10-6-2-1-5-9(10)13-14(19-15)11-7-3-4-8-12(11)16-17-13/h1-8H. The van der Waals surface area contributed by atoms with Crippen LogP contribution in [0, 0.1) is 0 Å². The number of hydrogen-bond acceptors (Lipinski definition) is 4. The highest BCUT2D eigenvalue weighted by Crippen LogP contribution is 2.25. The summed E-state index contributed by atoms with van der Waals surface area (Å²) < 4.78 is 5.43. The molecule has 2 aromatic heterocycles. The zero-order valence-corrected chi connectivity index (χ0v) is 9.83. The van der Waals surface area contributed by atoms with Crippen molar-refractivity contribution in [2.24, 2.45) is 0 Å². The molecule has 0 amide bonds. The molecule has 0 unspecified atom stereocenters. The van der Waals surface area contributed by atoms with Crippen molar-refractivity contribution in [1.82, 2.24) is 10.2 Å². The molecule has 2 heterocycles. The third-order valence-corrected chi connectivity index (χ3v) is 3.22. The molecule has 0 aliphatic heterocycles. The van der Waals surface area contributed by atoms with Crippen LogP contribution in [0.25, 0.3) is 32.8 Å². The molecular weight excluding hydrogens is 240 g/mol. The quantitative estimate of drug-likeness (QED) is 0.449. The molecule has 2 aromatic carbocycles. The molecule has 0 atom stereocenters. The summed E-state index contributed by atoms with van der Waals surface area (Å²) in [6, 6.07) is 14.8. The first kappa shape index (κ1) is 10.2. The number of benzene rings is 2. The largest absolute Gasteiger partial charge is 0.420 e. The number of fused-ring (bicyclic) bond motifs is 5. The lowest BCUT2D eigenvalue weighted by Crippen LogP contribution is -2.01. The average Bonchev–Trinajstić information content (AvgIpc) is 2.47. The monoisotopic (exact) mass is 248 g/mol. The summed E-state index contributed by atoms with van der Waals surface area (Å²) in [7, 11) is 0. The highest BCUT2D eigenvalue weighted by molar-refractivity contribution is 6.10. The molecular formula is C15H8N2O2. The van der Waals surface area contributed by atoms with E-state index in [2.05, 4.69) is 10.2 Å². The van der Waals surface area contributed by atoms with Gasteiger partial charge in [-0.3, -0.25) is 0 Å². The van der Waals surface area contributed by atoms with Crippen LogP contribution in [0.15, 0.2) is 57.7 Å². The number of nitrogens with zero attached hydrogens (tertiary/aromatic N) is 2. The van der Waals surface area contributed by atoms with Crippen LogP contribution in [0.2, 0.25) is 0 Å². The molecule has 4 rings (SSSR count). The highest BCUT2D eigenvalue weighted by atomic mass is 16.4. The second-order valence-electron chi connectivity index (χ2n) is 4.33. The van der Waals surface area contributed by atoms with Crippen molar-refractivity contribution < 1.29 is 4.42 Å². The first-order chi connectivity index (χ1) is 9.34. The molecule has 0 spiro atoms. The predicted molar refractivity (Wildman–Crippen MR) is 73.1 cm³/mol. The Labute approximate surface area is 107 Å². The maximum atomic E-state index is 12.0. The minimum atomic E-state index is -0.346. The van der Waals surface area contributed by atoms with E-state index in [1.54, 1.807) is 12.1 Å². The van der Waals surface area contributed by atoms with Gasteiger partial charge in [0.2, 0.25) is 0 Å². The molecule has 0 aliphatic rings. The van der Waals surface area contributed by atoms with Gasteiger partial charge in [-0.15, -0.1) is 10.2 Å². The fourth-order valence-corrected chi connectivity index (χ4v) is 2.32. The van der Waals surface area contributed by atoms with E-state index >= 15 is 0 Å². The lowest BCUT2D eigenvalue weighted by molar-refractivity contribution is 0.571. The van der Waals surface area contributed by atoms with Crippen molar-refractivity contribution in [3.05, 3.63) is 59.0 Å². The maximum Gasteiger partial charge on any atom is 0.344 e. The van der Waals surface area contributed by atoms with E-state index in [9.17, 15) is 4.79 Å². The average molecular weight is 248 g/mol. The summed E-state index contributed by atoms with van der Waals surface area (Å²) in [5, 5.41) is 10.5. The third-order valence-electron chi connectivity index (χ3n) is 3.22. The maximum absolute atomic E-state index is 12.0. The van der Waals surface area contributed by atoms with E-state index in [1.165, 1.54) is 0 Å². The van der Waals surface area contributed by atoms with Gasteiger partial charge in [-0.2, -0.15) is 0 Å². The Morgan fingerprint density at radius 1 is 0.789 bits per heavy atom. The number of hydrogen-bond donors (Lipinski definition) is 0. The van der Waals surface area contributed by atoms with Crippen LogP contribution in [-0.2, 0) is 0 Å². The Balaban J connectivity index is 2.37. The van der Waals surface area contributed by atoms with Crippen molar-refractivity contribution >= 4 is 32.8 Å². The van der Waals surface area contributed by atoms with Gasteiger partial charge in [0.15, 0.2) is 5.58 Å². The molecule has 4 heteroatoms. The Bertz CT molecular complexity index is 989. The van der Waals surface area contributed by atoms with E-state index < -0.39 is 0 Å². The minimum absolute atomic E-state index is 0.346. The minimum Gasteiger partial charge on any atom is -0.420 e. The molecule has 0 aliphatic carbocycles. The lowest BCUT2D eigenvalue weighted by atomic mass is 10.1. The Hall–Kier alpha value is -2.75. The van der Waals surface area contributed by atoms with Crippen molar-refractivity contribution in [1.29, 1.82) is 0 Å². The van der Waals surface area contributed by atoms with Gasteiger partial charge in [0.1, 0.15) is 5.52 Å². The Morgan fingerprint density at radius 2 is 1.47 bits per heavy atom. The molecule has 0 bridgehead atoms. The van der Waals surface area contributed by atoms with Crippen molar-refractivity contribution in [2.75, 3.05) is 0 Å². The van der Waals surface area contributed by atoms with E-state index in [4.69, 9.17) is 4.42 Å². The van der Waals surface area contributed by atoms with E-state index in [0.717, 1.165) is 10.8 Å². The SMILES string of the molecule is O=c1oc2c3ccccc3nnc2c2ccccc12. The van der Waals surface area contributed by atoms with Gasteiger partial charge < -0.3 is 4.42 Å². The second kappa shape index (κ2) is 3.62. The summed E-state index contributed by atoms with van der Waals surface area (Å²) in [6.45, 7) is 0. The van der Waals surface area contributed by atoms with Gasteiger partial charge in [0, 0.05) is 10.8 Å². The molecule has 19 heavy (non-hydrogen) atoms. The van der Waals surface area contributed by atoms with E-state index in [0.29, 0.717) is 22.0 Å². The summed E-state index contributed by atoms with van der Waals surface area (Å²) in [4.78, 5) is 12.0. The molecule has 0 saturated carbocycles. The number of aromatic nitrogens is 2. The van der Waals surface area contributed by atoms with E-state index in [-0.39, 0.29) is 5.63 Å². The van der Waals surface area contributed by atoms with Crippen LogP contribution in [0.3, 0.4) is 0 Å². The predicted octanol–water partition coefficient (Wildman–Crippen LogP) is 2.89. The number of rotatable bonds is 0. The zero-order chi connectivity index (χ0) is 12.8. The van der Waals surface area contributed by atoms with Gasteiger partial charge in [0.25, 0.3) is 0 Å². The van der Waals surface area contributed by atoms with Crippen LogP contribution in [0.1, 0.15) is 0 Å².